The molecule has 34 heavy (non-hydrogen) atoms. The zero-order valence-corrected chi connectivity index (χ0v) is 19.7. The molecule has 1 aromatic heterocycles. The maximum Gasteiger partial charge on any atom is 0.204 e. The summed E-state index contributed by atoms with van der Waals surface area (Å²) in [5, 5.41) is 27.6. The van der Waals surface area contributed by atoms with E-state index in [4.69, 9.17) is 27.1 Å². The number of halogens is 1. The van der Waals surface area contributed by atoms with Crippen LogP contribution in [0.3, 0.4) is 0 Å². The SMILES string of the molecule is CC(C)c1nc2n(n1)N=C(c1ccccc1Cl)C2=Nc1ccc(N(CCC#N)CCC#N)cc1. The van der Waals surface area contributed by atoms with Gasteiger partial charge in [0, 0.05) is 30.3 Å². The van der Waals surface area contributed by atoms with E-state index in [1.165, 1.54) is 4.79 Å². The molecule has 0 unspecified atom stereocenters. The highest BCUT2D eigenvalue weighted by Crippen LogP contribution is 2.27. The highest BCUT2D eigenvalue weighted by atomic mass is 35.5. The van der Waals surface area contributed by atoms with E-state index in [1.54, 1.807) is 0 Å². The Bertz CT molecular complexity index is 1300. The second-order valence-electron chi connectivity index (χ2n) is 8.05. The van der Waals surface area contributed by atoms with E-state index in [0.29, 0.717) is 54.0 Å². The Labute approximate surface area is 203 Å². The Morgan fingerprint density at radius 2 is 1.71 bits per heavy atom. The third-order valence-corrected chi connectivity index (χ3v) is 5.66. The predicted molar refractivity (Wildman–Crippen MR) is 133 cm³/mol. The number of anilines is 1. The van der Waals surface area contributed by atoms with Gasteiger partial charge >= 0.3 is 0 Å². The first kappa shape index (κ1) is 23.2. The van der Waals surface area contributed by atoms with Crippen molar-refractivity contribution >= 4 is 34.4 Å². The molecule has 0 saturated carbocycles. The molecule has 3 aromatic rings. The number of nitrogens with zero attached hydrogens (tertiary/aromatic N) is 8. The highest BCUT2D eigenvalue weighted by Gasteiger charge is 2.30. The number of hydrogen-bond donors (Lipinski definition) is 0. The smallest absolute Gasteiger partial charge is 0.204 e. The average molecular weight is 471 g/mol. The van der Waals surface area contributed by atoms with Crippen LogP contribution in [0.15, 0.2) is 58.6 Å². The summed E-state index contributed by atoms with van der Waals surface area (Å²) in [6.07, 6.45) is 0.780. The molecule has 0 aliphatic carbocycles. The zero-order valence-electron chi connectivity index (χ0n) is 19.0. The van der Waals surface area contributed by atoms with Gasteiger partial charge in [-0.05, 0) is 30.3 Å². The lowest BCUT2D eigenvalue weighted by Crippen LogP contribution is -2.25. The zero-order chi connectivity index (χ0) is 24.1. The molecular formula is C25H23ClN8. The molecule has 8 nitrogen and oxygen atoms in total. The quantitative estimate of drug-likeness (QED) is 0.456. The molecule has 2 aromatic carbocycles. The number of benzene rings is 2. The molecule has 9 heteroatoms. The molecule has 4 rings (SSSR count). The van der Waals surface area contributed by atoms with E-state index in [9.17, 15) is 0 Å². The standard InChI is InChI=1S/C25H23ClN8/c1-17(2)24-30-25-23(22(31-34(25)32-24)20-7-3-4-8-21(20)26)29-18-9-11-19(12-10-18)33(15-5-13-27)16-6-14-28/h3-4,7-12,17H,5-6,15-16H2,1-2H3. The second kappa shape index (κ2) is 10.3. The molecule has 0 radical (unpaired) electrons. The second-order valence-corrected chi connectivity index (χ2v) is 8.45. The van der Waals surface area contributed by atoms with Crippen LogP contribution >= 0.6 is 11.6 Å². The van der Waals surface area contributed by atoms with Gasteiger partial charge in [-0.25, -0.2) is 9.98 Å². The molecule has 0 fully saturated rings. The molecule has 0 spiro atoms. The Morgan fingerprint density at radius 3 is 2.32 bits per heavy atom. The van der Waals surface area contributed by atoms with Gasteiger partial charge in [-0.2, -0.15) is 10.5 Å². The Hall–Kier alpha value is -4.01. The molecule has 0 bridgehead atoms. The molecule has 0 saturated heterocycles. The minimum absolute atomic E-state index is 0.158. The van der Waals surface area contributed by atoms with Gasteiger partial charge in [-0.3, -0.25) is 0 Å². The van der Waals surface area contributed by atoms with Gasteiger partial charge in [0.15, 0.2) is 5.82 Å². The van der Waals surface area contributed by atoms with E-state index in [-0.39, 0.29) is 5.92 Å². The molecule has 0 N–H and O–H groups in total. The number of hydrogen-bond acceptors (Lipinski definition) is 7. The Morgan fingerprint density at radius 1 is 1.03 bits per heavy atom. The molecule has 1 aliphatic rings. The van der Waals surface area contributed by atoms with Gasteiger partial charge in [-0.1, -0.05) is 43.6 Å². The molecule has 170 valence electrons. The van der Waals surface area contributed by atoms with E-state index in [1.807, 2.05) is 67.3 Å². The van der Waals surface area contributed by atoms with E-state index >= 15 is 0 Å². The molecule has 1 aliphatic heterocycles. The van der Waals surface area contributed by atoms with Gasteiger partial charge in [0.1, 0.15) is 11.4 Å². The van der Waals surface area contributed by atoms with E-state index in [2.05, 4.69) is 27.3 Å². The highest BCUT2D eigenvalue weighted by molar-refractivity contribution is 6.56. The fourth-order valence-corrected chi connectivity index (χ4v) is 3.80. The third-order valence-electron chi connectivity index (χ3n) is 5.33. The monoisotopic (exact) mass is 470 g/mol. The van der Waals surface area contributed by atoms with Crippen molar-refractivity contribution in [1.82, 2.24) is 14.9 Å². The lowest BCUT2D eigenvalue weighted by molar-refractivity contribution is 0.698. The summed E-state index contributed by atoms with van der Waals surface area (Å²) >= 11 is 6.47. The third kappa shape index (κ3) is 4.83. The molecule has 0 atom stereocenters. The van der Waals surface area contributed by atoms with E-state index < -0.39 is 0 Å². The summed E-state index contributed by atoms with van der Waals surface area (Å²) in [7, 11) is 0. The number of aliphatic imine (C=N–C) groups is 1. The number of fused-ring (bicyclic) bond motifs is 1. The van der Waals surface area contributed by atoms with Gasteiger partial charge < -0.3 is 4.90 Å². The fourth-order valence-electron chi connectivity index (χ4n) is 3.57. The van der Waals surface area contributed by atoms with Crippen molar-refractivity contribution in [3.05, 3.63) is 70.8 Å². The van der Waals surface area contributed by atoms with Crippen molar-refractivity contribution in [2.75, 3.05) is 18.0 Å². The summed E-state index contributed by atoms with van der Waals surface area (Å²) in [5.41, 5.74) is 3.64. The van der Waals surface area contributed by atoms with Crippen LogP contribution in [0.5, 0.6) is 0 Å². The van der Waals surface area contributed by atoms with Crippen LogP contribution in [-0.4, -0.2) is 39.4 Å². The minimum Gasteiger partial charge on any atom is -0.369 e. The maximum atomic E-state index is 8.95. The summed E-state index contributed by atoms with van der Waals surface area (Å²) in [5.74, 6) is 1.43. The van der Waals surface area contributed by atoms with Gasteiger partial charge in [0.2, 0.25) is 5.82 Å². The van der Waals surface area contributed by atoms with Gasteiger partial charge in [0.05, 0.1) is 35.7 Å². The summed E-state index contributed by atoms with van der Waals surface area (Å²) in [6, 6.07) is 19.5. The van der Waals surface area contributed by atoms with Crippen LogP contribution in [0.1, 0.15) is 49.8 Å². The van der Waals surface area contributed by atoms with Crippen molar-refractivity contribution in [3.8, 4) is 12.1 Å². The topological polar surface area (TPSA) is 106 Å². The predicted octanol–water partition coefficient (Wildman–Crippen LogP) is 5.08. The van der Waals surface area contributed by atoms with E-state index in [0.717, 1.165) is 16.9 Å². The first-order chi connectivity index (χ1) is 16.5. The lowest BCUT2D eigenvalue weighted by Gasteiger charge is -2.22. The number of rotatable bonds is 8. The first-order valence-corrected chi connectivity index (χ1v) is 11.4. The normalized spacial score (nSPS) is 13.5. The maximum absolute atomic E-state index is 8.95. The Kier molecular flexibility index (Phi) is 7.01. The lowest BCUT2D eigenvalue weighted by atomic mass is 10.1. The average Bonchev–Trinajstić information content (AvgIpc) is 3.40. The van der Waals surface area contributed by atoms with Crippen LogP contribution in [0.4, 0.5) is 11.4 Å². The summed E-state index contributed by atoms with van der Waals surface area (Å²) in [4.78, 5) is 13.1. The van der Waals surface area contributed by atoms with Crippen LogP contribution in [-0.2, 0) is 0 Å². The van der Waals surface area contributed by atoms with Crippen LogP contribution in [0.2, 0.25) is 5.02 Å². The van der Waals surface area contributed by atoms with Crippen molar-refractivity contribution < 1.29 is 0 Å². The summed E-state index contributed by atoms with van der Waals surface area (Å²) in [6.45, 7) is 5.19. The van der Waals surface area contributed by atoms with Crippen LogP contribution in [0.25, 0.3) is 0 Å². The molecule has 0 amide bonds. The van der Waals surface area contributed by atoms with Crippen molar-refractivity contribution in [3.63, 3.8) is 0 Å². The number of aromatic nitrogens is 3. The van der Waals surface area contributed by atoms with Crippen molar-refractivity contribution in [2.45, 2.75) is 32.6 Å². The largest absolute Gasteiger partial charge is 0.369 e. The summed E-state index contributed by atoms with van der Waals surface area (Å²) < 4.78 is 0. The molecular weight excluding hydrogens is 448 g/mol. The van der Waals surface area contributed by atoms with Crippen LogP contribution in [0, 0.1) is 22.7 Å². The van der Waals surface area contributed by atoms with Crippen molar-refractivity contribution in [2.24, 2.45) is 10.1 Å². The number of nitriles is 2. The fraction of sp³-hybridized carbons (Fsp3) is 0.280. The van der Waals surface area contributed by atoms with Crippen molar-refractivity contribution in [1.29, 1.82) is 10.5 Å². The van der Waals surface area contributed by atoms with Crippen LogP contribution < -0.4 is 4.90 Å². The Balaban J connectivity index is 1.71. The first-order valence-electron chi connectivity index (χ1n) is 11.0. The minimum atomic E-state index is 0.158. The van der Waals surface area contributed by atoms with Gasteiger partial charge in [0.25, 0.3) is 0 Å². The molecule has 2 heterocycles. The van der Waals surface area contributed by atoms with Gasteiger partial charge in [-0.15, -0.1) is 15.0 Å².